The Bertz CT molecular complexity index is 197. The van der Waals surface area contributed by atoms with Crippen LogP contribution in [-0.4, -0.2) is 24.7 Å². The Morgan fingerprint density at radius 1 is 1.06 bits per heavy atom. The van der Waals surface area contributed by atoms with Crippen molar-refractivity contribution in [2.45, 2.75) is 71.8 Å². The van der Waals surface area contributed by atoms with Crippen LogP contribution in [0.15, 0.2) is 0 Å². The molecule has 102 valence electrons. The molecular formula is C14H29NO2. The summed E-state index contributed by atoms with van der Waals surface area (Å²) in [6.45, 7) is 9.02. The topological polar surface area (TPSA) is 38.3 Å². The molecule has 0 fully saturated rings. The van der Waals surface area contributed by atoms with Crippen LogP contribution < -0.4 is 5.32 Å². The molecule has 0 rings (SSSR count). The summed E-state index contributed by atoms with van der Waals surface area (Å²) in [6, 6.07) is 0. The molecule has 0 unspecified atom stereocenters. The third-order valence-corrected chi connectivity index (χ3v) is 2.49. The van der Waals surface area contributed by atoms with Crippen LogP contribution in [0.3, 0.4) is 0 Å². The van der Waals surface area contributed by atoms with Gasteiger partial charge in [-0.15, -0.1) is 0 Å². The Hall–Kier alpha value is -0.570. The molecule has 0 aromatic heterocycles. The predicted molar refractivity (Wildman–Crippen MR) is 72.1 cm³/mol. The van der Waals surface area contributed by atoms with Crippen molar-refractivity contribution in [1.29, 1.82) is 0 Å². The van der Waals surface area contributed by atoms with Gasteiger partial charge < -0.3 is 10.1 Å². The van der Waals surface area contributed by atoms with E-state index >= 15 is 0 Å². The minimum atomic E-state index is -0.239. The van der Waals surface area contributed by atoms with Crippen LogP contribution in [0.5, 0.6) is 0 Å². The highest BCUT2D eigenvalue weighted by molar-refractivity contribution is 5.77. The van der Waals surface area contributed by atoms with Gasteiger partial charge in [0.15, 0.2) is 0 Å². The Kier molecular flexibility index (Phi) is 9.14. The molecule has 0 aliphatic carbocycles. The van der Waals surface area contributed by atoms with Gasteiger partial charge in [-0.1, -0.05) is 39.0 Å². The SMILES string of the molecule is CCCCCCCCNC(=O)COC(C)(C)C. The first-order valence-corrected chi connectivity index (χ1v) is 6.86. The molecule has 0 aliphatic heterocycles. The number of nitrogens with one attached hydrogen (secondary N) is 1. The first-order chi connectivity index (χ1) is 7.95. The number of rotatable bonds is 9. The molecule has 1 N–H and O–H groups in total. The Balaban J connectivity index is 3.28. The van der Waals surface area contributed by atoms with E-state index in [1.54, 1.807) is 0 Å². The molecule has 0 aromatic carbocycles. The molecule has 1 amide bonds. The summed E-state index contributed by atoms with van der Waals surface area (Å²) in [5, 5.41) is 2.88. The second kappa shape index (κ2) is 9.46. The lowest BCUT2D eigenvalue weighted by atomic mass is 10.1. The van der Waals surface area contributed by atoms with Gasteiger partial charge in [-0.25, -0.2) is 0 Å². The number of unbranched alkanes of at least 4 members (excludes halogenated alkanes) is 5. The van der Waals surface area contributed by atoms with Crippen LogP contribution in [0, 0.1) is 0 Å². The van der Waals surface area contributed by atoms with Crippen LogP contribution >= 0.6 is 0 Å². The summed E-state index contributed by atoms with van der Waals surface area (Å²) in [6.07, 6.45) is 7.48. The fourth-order valence-electron chi connectivity index (χ4n) is 1.47. The van der Waals surface area contributed by atoms with Crippen molar-refractivity contribution in [2.75, 3.05) is 13.2 Å². The van der Waals surface area contributed by atoms with Crippen molar-refractivity contribution >= 4 is 5.91 Å². The largest absolute Gasteiger partial charge is 0.366 e. The first-order valence-electron chi connectivity index (χ1n) is 6.86. The molecular weight excluding hydrogens is 214 g/mol. The lowest BCUT2D eigenvalue weighted by Gasteiger charge is -2.18. The molecule has 0 aliphatic rings. The molecule has 0 atom stereocenters. The lowest BCUT2D eigenvalue weighted by molar-refractivity contribution is -0.130. The average Bonchev–Trinajstić information content (AvgIpc) is 2.24. The van der Waals surface area contributed by atoms with Crippen LogP contribution in [0.25, 0.3) is 0 Å². The minimum absolute atomic E-state index is 0.00603. The third-order valence-electron chi connectivity index (χ3n) is 2.49. The highest BCUT2D eigenvalue weighted by Gasteiger charge is 2.12. The second-order valence-electron chi connectivity index (χ2n) is 5.52. The van der Waals surface area contributed by atoms with E-state index in [1.807, 2.05) is 20.8 Å². The monoisotopic (exact) mass is 243 g/mol. The number of carbonyl (C=O) groups is 1. The zero-order chi connectivity index (χ0) is 13.1. The van der Waals surface area contributed by atoms with E-state index < -0.39 is 0 Å². The summed E-state index contributed by atoms with van der Waals surface area (Å²) in [5.41, 5.74) is -0.239. The van der Waals surface area contributed by atoms with Crippen LogP contribution in [-0.2, 0) is 9.53 Å². The molecule has 0 saturated heterocycles. The molecule has 0 radical (unpaired) electrons. The van der Waals surface area contributed by atoms with Gasteiger partial charge in [-0.2, -0.15) is 0 Å². The fraction of sp³-hybridized carbons (Fsp3) is 0.929. The van der Waals surface area contributed by atoms with Gasteiger partial charge in [0.25, 0.3) is 0 Å². The predicted octanol–water partition coefficient (Wildman–Crippen LogP) is 3.28. The molecule has 0 spiro atoms. The smallest absolute Gasteiger partial charge is 0.246 e. The van der Waals surface area contributed by atoms with Gasteiger partial charge in [-0.05, 0) is 27.2 Å². The van der Waals surface area contributed by atoms with Crippen LogP contribution in [0.2, 0.25) is 0 Å². The zero-order valence-corrected chi connectivity index (χ0v) is 12.0. The second-order valence-corrected chi connectivity index (χ2v) is 5.52. The maximum Gasteiger partial charge on any atom is 0.246 e. The van der Waals surface area contributed by atoms with E-state index in [2.05, 4.69) is 12.2 Å². The maximum atomic E-state index is 11.4. The van der Waals surface area contributed by atoms with Crippen molar-refractivity contribution < 1.29 is 9.53 Å². The number of carbonyl (C=O) groups excluding carboxylic acids is 1. The Morgan fingerprint density at radius 2 is 1.65 bits per heavy atom. The van der Waals surface area contributed by atoms with Gasteiger partial charge in [0.1, 0.15) is 6.61 Å². The summed E-state index contributed by atoms with van der Waals surface area (Å²) in [4.78, 5) is 11.4. The summed E-state index contributed by atoms with van der Waals surface area (Å²) in [5.74, 6) is -0.00603. The van der Waals surface area contributed by atoms with Crippen LogP contribution in [0.4, 0.5) is 0 Å². The van der Waals surface area contributed by atoms with Crippen molar-refractivity contribution in [2.24, 2.45) is 0 Å². The molecule has 0 aromatic rings. The first kappa shape index (κ1) is 16.4. The van der Waals surface area contributed by atoms with Crippen molar-refractivity contribution in [3.63, 3.8) is 0 Å². The lowest BCUT2D eigenvalue weighted by Crippen LogP contribution is -2.32. The van der Waals surface area contributed by atoms with Crippen molar-refractivity contribution in [1.82, 2.24) is 5.32 Å². The molecule has 3 heteroatoms. The molecule has 17 heavy (non-hydrogen) atoms. The molecule has 3 nitrogen and oxygen atoms in total. The van der Waals surface area contributed by atoms with Gasteiger partial charge >= 0.3 is 0 Å². The van der Waals surface area contributed by atoms with E-state index in [-0.39, 0.29) is 18.1 Å². The zero-order valence-electron chi connectivity index (χ0n) is 12.0. The Morgan fingerprint density at radius 3 is 2.24 bits per heavy atom. The van der Waals surface area contributed by atoms with Crippen molar-refractivity contribution in [3.05, 3.63) is 0 Å². The standard InChI is InChI=1S/C14H29NO2/c1-5-6-7-8-9-10-11-15-13(16)12-17-14(2,3)4/h5-12H2,1-4H3,(H,15,16). The van der Waals surface area contributed by atoms with Gasteiger partial charge in [0.2, 0.25) is 5.91 Å². The van der Waals surface area contributed by atoms with E-state index in [9.17, 15) is 4.79 Å². The molecule has 0 heterocycles. The highest BCUT2D eigenvalue weighted by atomic mass is 16.5. The molecule has 0 saturated carbocycles. The third kappa shape index (κ3) is 13.4. The van der Waals surface area contributed by atoms with Crippen molar-refractivity contribution in [3.8, 4) is 0 Å². The summed E-state index contributed by atoms with van der Waals surface area (Å²) < 4.78 is 5.39. The van der Waals surface area contributed by atoms with Gasteiger partial charge in [-0.3, -0.25) is 4.79 Å². The quantitative estimate of drug-likeness (QED) is 0.631. The molecule has 0 bridgehead atoms. The summed E-state index contributed by atoms with van der Waals surface area (Å²) in [7, 11) is 0. The normalized spacial score (nSPS) is 11.5. The summed E-state index contributed by atoms with van der Waals surface area (Å²) >= 11 is 0. The highest BCUT2D eigenvalue weighted by Crippen LogP contribution is 2.06. The number of amides is 1. The fourth-order valence-corrected chi connectivity index (χ4v) is 1.47. The minimum Gasteiger partial charge on any atom is -0.366 e. The van der Waals surface area contributed by atoms with Crippen LogP contribution in [0.1, 0.15) is 66.2 Å². The van der Waals surface area contributed by atoms with Gasteiger partial charge in [0.05, 0.1) is 5.60 Å². The average molecular weight is 243 g/mol. The van der Waals surface area contributed by atoms with E-state index in [1.165, 1.54) is 32.1 Å². The van der Waals surface area contributed by atoms with E-state index in [4.69, 9.17) is 4.74 Å². The maximum absolute atomic E-state index is 11.4. The number of hydrogen-bond acceptors (Lipinski definition) is 2. The number of ether oxygens (including phenoxy) is 1. The van der Waals surface area contributed by atoms with Gasteiger partial charge in [0, 0.05) is 6.54 Å². The number of hydrogen-bond donors (Lipinski definition) is 1. The Labute approximate surface area is 106 Å². The van der Waals surface area contributed by atoms with E-state index in [0.29, 0.717) is 0 Å². The van der Waals surface area contributed by atoms with E-state index in [0.717, 1.165) is 13.0 Å².